The van der Waals surface area contributed by atoms with E-state index in [1.165, 1.54) is 18.3 Å². The summed E-state index contributed by atoms with van der Waals surface area (Å²) < 4.78 is 0. The fourth-order valence-corrected chi connectivity index (χ4v) is 3.16. The zero-order valence-corrected chi connectivity index (χ0v) is 19.2. The minimum atomic E-state index is -1.22. The summed E-state index contributed by atoms with van der Waals surface area (Å²) in [5.41, 5.74) is 6.63. The number of carboxylic acid groups (broad SMARTS) is 1. The van der Waals surface area contributed by atoms with Crippen molar-refractivity contribution in [2.24, 2.45) is 0 Å². The van der Waals surface area contributed by atoms with Gasteiger partial charge in [-0.2, -0.15) is 4.98 Å². The smallest absolute Gasteiger partial charge is 0.326 e. The van der Waals surface area contributed by atoms with Crippen LogP contribution in [-0.2, 0) is 16.1 Å². The first kappa shape index (κ1) is 25.1. The maximum absolute atomic E-state index is 12.5. The second kappa shape index (κ2) is 11.0. The molecule has 35 heavy (non-hydrogen) atoms. The van der Waals surface area contributed by atoms with Gasteiger partial charge in [0.2, 0.25) is 11.9 Å². The Morgan fingerprint density at radius 3 is 2.49 bits per heavy atom. The second-order valence-corrected chi connectivity index (χ2v) is 8.04. The number of nitrogens with one attached hydrogen (secondary N) is 4. The molecule has 1 atom stereocenters. The molecule has 0 aliphatic rings. The Morgan fingerprint density at radius 1 is 1.11 bits per heavy atom. The van der Waals surface area contributed by atoms with Crippen molar-refractivity contribution >= 4 is 40.6 Å². The van der Waals surface area contributed by atoms with Crippen molar-refractivity contribution in [1.82, 2.24) is 30.6 Å². The van der Waals surface area contributed by atoms with Crippen molar-refractivity contribution in [2.45, 2.75) is 45.3 Å². The highest BCUT2D eigenvalue weighted by Gasteiger charge is 2.22. The average Bonchev–Trinajstić information content (AvgIpc) is 2.80. The van der Waals surface area contributed by atoms with E-state index in [4.69, 9.17) is 5.73 Å². The second-order valence-electron chi connectivity index (χ2n) is 8.04. The summed E-state index contributed by atoms with van der Waals surface area (Å²) in [5.74, 6) is -2.11. The molecule has 1 aromatic carbocycles. The summed E-state index contributed by atoms with van der Waals surface area (Å²) in [6, 6.07) is 5.10. The number of hydrogen-bond donors (Lipinski definition) is 6. The summed E-state index contributed by atoms with van der Waals surface area (Å²) in [6.07, 6.45) is 1.42. The minimum absolute atomic E-state index is 0.0226. The molecule has 0 bridgehead atoms. The molecule has 0 aliphatic carbocycles. The molecule has 0 unspecified atom stereocenters. The molecule has 7 N–H and O–H groups in total. The van der Waals surface area contributed by atoms with E-state index in [2.05, 4.69) is 35.9 Å². The van der Waals surface area contributed by atoms with Crippen molar-refractivity contribution < 1.29 is 19.5 Å². The van der Waals surface area contributed by atoms with Crippen LogP contribution in [0.3, 0.4) is 0 Å². The first-order valence-electron chi connectivity index (χ1n) is 10.8. The number of nitrogens with two attached hydrogens (primary N) is 1. The van der Waals surface area contributed by atoms with Crippen LogP contribution < -0.4 is 27.2 Å². The van der Waals surface area contributed by atoms with E-state index >= 15 is 0 Å². The van der Waals surface area contributed by atoms with E-state index in [9.17, 15) is 24.3 Å². The molecule has 13 nitrogen and oxygen atoms in total. The lowest BCUT2D eigenvalue weighted by atomic mass is 10.1. The highest BCUT2D eigenvalue weighted by molar-refractivity contribution is 5.97. The number of carbonyl (C=O) groups is 3. The number of carboxylic acids is 1. The number of aromatic amines is 1. The molecule has 2 aromatic heterocycles. The standard InChI is InChI=1S/C22H26N8O5/c1-11(2)26-16(31)8-7-15(21(34)35)28-19(32)12-3-5-13(6-4-12)24-9-14-10-25-18-17(27-14)20(33)30-22(23)29-18/h3-6,10-11,15,24H,7-9H2,1-2H3,(H,26,31)(H,28,32)(H,34,35)(H3,23,25,29,30,33)/t15-/m0/s1. The lowest BCUT2D eigenvalue weighted by Crippen LogP contribution is -2.42. The van der Waals surface area contributed by atoms with Crippen molar-refractivity contribution in [2.75, 3.05) is 11.1 Å². The maximum atomic E-state index is 12.5. The number of nitrogens with zero attached hydrogens (tertiary/aromatic N) is 3. The van der Waals surface area contributed by atoms with Gasteiger partial charge in [-0.1, -0.05) is 0 Å². The number of aromatic nitrogens is 4. The van der Waals surface area contributed by atoms with Crippen LogP contribution in [0, 0.1) is 0 Å². The largest absolute Gasteiger partial charge is 0.480 e. The molecule has 184 valence electrons. The number of anilines is 2. The monoisotopic (exact) mass is 482 g/mol. The van der Waals surface area contributed by atoms with E-state index in [0.29, 0.717) is 11.4 Å². The lowest BCUT2D eigenvalue weighted by molar-refractivity contribution is -0.139. The molecule has 2 amide bonds. The first-order valence-corrected chi connectivity index (χ1v) is 10.8. The van der Waals surface area contributed by atoms with Gasteiger partial charge in [-0.25, -0.2) is 14.8 Å². The fraction of sp³-hybridized carbons (Fsp3) is 0.318. The van der Waals surface area contributed by atoms with Gasteiger partial charge in [0.25, 0.3) is 11.5 Å². The van der Waals surface area contributed by atoms with Crippen LogP contribution in [0.2, 0.25) is 0 Å². The van der Waals surface area contributed by atoms with Crippen molar-refractivity contribution in [3.63, 3.8) is 0 Å². The third kappa shape index (κ3) is 6.96. The number of aliphatic carboxylic acids is 1. The minimum Gasteiger partial charge on any atom is -0.480 e. The van der Waals surface area contributed by atoms with Crippen LogP contribution in [0.1, 0.15) is 42.7 Å². The predicted octanol–water partition coefficient (Wildman–Crippen LogP) is 0.395. The number of amides is 2. The quantitative estimate of drug-likeness (QED) is 0.234. The van der Waals surface area contributed by atoms with Gasteiger partial charge in [0.1, 0.15) is 6.04 Å². The number of benzene rings is 1. The Hall–Kier alpha value is -4.55. The predicted molar refractivity (Wildman–Crippen MR) is 128 cm³/mol. The molecule has 0 radical (unpaired) electrons. The first-order chi connectivity index (χ1) is 16.6. The Bertz CT molecular complexity index is 1290. The number of H-pyrrole nitrogens is 1. The van der Waals surface area contributed by atoms with Crippen LogP contribution in [0.5, 0.6) is 0 Å². The molecular weight excluding hydrogens is 456 g/mol. The van der Waals surface area contributed by atoms with Gasteiger partial charge in [0, 0.05) is 23.7 Å². The number of rotatable bonds is 10. The highest BCUT2D eigenvalue weighted by atomic mass is 16.4. The van der Waals surface area contributed by atoms with Gasteiger partial charge in [0.05, 0.1) is 18.4 Å². The van der Waals surface area contributed by atoms with Gasteiger partial charge in [-0.3, -0.25) is 19.4 Å². The number of nitrogen functional groups attached to an aromatic ring is 1. The van der Waals surface area contributed by atoms with E-state index in [-0.39, 0.29) is 54.0 Å². The molecule has 0 saturated carbocycles. The van der Waals surface area contributed by atoms with E-state index < -0.39 is 23.5 Å². The maximum Gasteiger partial charge on any atom is 0.326 e. The van der Waals surface area contributed by atoms with E-state index in [1.54, 1.807) is 26.0 Å². The molecule has 13 heteroatoms. The van der Waals surface area contributed by atoms with Crippen LogP contribution in [-0.4, -0.2) is 54.9 Å². The zero-order valence-electron chi connectivity index (χ0n) is 19.2. The summed E-state index contributed by atoms with van der Waals surface area (Å²) in [5, 5.41) is 17.6. The van der Waals surface area contributed by atoms with Gasteiger partial charge in [-0.15, -0.1) is 0 Å². The molecule has 0 spiro atoms. The van der Waals surface area contributed by atoms with Crippen LogP contribution in [0.25, 0.3) is 11.2 Å². The third-order valence-corrected chi connectivity index (χ3v) is 4.82. The molecule has 2 heterocycles. The Labute approximate surface area is 199 Å². The molecule has 3 aromatic rings. The number of fused-ring (bicyclic) bond motifs is 1. The van der Waals surface area contributed by atoms with Crippen LogP contribution in [0.15, 0.2) is 35.3 Å². The van der Waals surface area contributed by atoms with E-state index in [0.717, 1.165) is 0 Å². The van der Waals surface area contributed by atoms with Crippen molar-refractivity contribution in [3.8, 4) is 0 Å². The Morgan fingerprint density at radius 2 is 1.83 bits per heavy atom. The topological polar surface area (TPSA) is 205 Å². The average molecular weight is 483 g/mol. The SMILES string of the molecule is CC(C)NC(=O)CC[C@H](NC(=O)c1ccc(NCc2cnc3nc(N)[nH]c(=O)c3n2)cc1)C(=O)O. The third-order valence-electron chi connectivity index (χ3n) is 4.82. The molecule has 0 fully saturated rings. The number of carbonyl (C=O) groups excluding carboxylic acids is 2. The van der Waals surface area contributed by atoms with Gasteiger partial charge < -0.3 is 26.8 Å². The summed E-state index contributed by atoms with van der Waals surface area (Å²) >= 11 is 0. The summed E-state index contributed by atoms with van der Waals surface area (Å²) in [4.78, 5) is 62.3. The molecule has 3 rings (SSSR count). The molecule has 0 saturated heterocycles. The molecule has 0 aliphatic heterocycles. The summed E-state index contributed by atoms with van der Waals surface area (Å²) in [6.45, 7) is 3.85. The number of hydrogen-bond acceptors (Lipinski definition) is 9. The van der Waals surface area contributed by atoms with Crippen molar-refractivity contribution in [1.29, 1.82) is 0 Å². The molecular formula is C22H26N8O5. The Balaban J connectivity index is 1.58. The summed E-state index contributed by atoms with van der Waals surface area (Å²) in [7, 11) is 0. The highest BCUT2D eigenvalue weighted by Crippen LogP contribution is 2.12. The van der Waals surface area contributed by atoms with Crippen LogP contribution in [0.4, 0.5) is 11.6 Å². The normalized spacial score (nSPS) is 11.7. The van der Waals surface area contributed by atoms with E-state index in [1.807, 2.05) is 0 Å². The van der Waals surface area contributed by atoms with Crippen molar-refractivity contribution in [3.05, 3.63) is 52.1 Å². The zero-order chi connectivity index (χ0) is 25.5. The lowest BCUT2D eigenvalue weighted by Gasteiger charge is -2.15. The Kier molecular flexibility index (Phi) is 7.92. The van der Waals surface area contributed by atoms with Crippen LogP contribution >= 0.6 is 0 Å². The van der Waals surface area contributed by atoms with Gasteiger partial charge in [-0.05, 0) is 44.5 Å². The van der Waals surface area contributed by atoms with Gasteiger partial charge >= 0.3 is 5.97 Å². The fourth-order valence-electron chi connectivity index (χ4n) is 3.16. The van der Waals surface area contributed by atoms with Gasteiger partial charge in [0.15, 0.2) is 11.2 Å².